The van der Waals surface area contributed by atoms with Crippen LogP contribution in [0.3, 0.4) is 0 Å². The Kier molecular flexibility index (Phi) is 5.88. The van der Waals surface area contributed by atoms with Gasteiger partial charge in [-0.25, -0.2) is 9.97 Å². The second kappa shape index (κ2) is 7.78. The Labute approximate surface area is 158 Å². The molecule has 3 heterocycles. The zero-order valence-electron chi connectivity index (χ0n) is 15.9. The van der Waals surface area contributed by atoms with E-state index < -0.39 is 0 Å². The summed E-state index contributed by atoms with van der Waals surface area (Å²) in [5, 5.41) is 5.67. The van der Waals surface area contributed by atoms with Gasteiger partial charge < -0.3 is 15.0 Å². The summed E-state index contributed by atoms with van der Waals surface area (Å²) < 4.78 is 6.13. The number of nitrogens with one attached hydrogen (secondary N) is 2. The standard InChI is InChI=1S/C18H28N4OS2/c1-6-18(3)10-12-13(11-23-18)25-16-14(12)15(19-8-9-22(4)5)20-17(21-16)24-7-2/h6-11H2,1-5H3,(H,19,20,21)/p+1/t18-/m0/s1. The van der Waals surface area contributed by atoms with E-state index in [4.69, 9.17) is 14.7 Å². The first kappa shape index (κ1) is 18.9. The number of ether oxygens (including phenoxy) is 1. The molecule has 0 bridgehead atoms. The van der Waals surface area contributed by atoms with Crippen LogP contribution in [0.1, 0.15) is 37.6 Å². The lowest BCUT2D eigenvalue weighted by molar-refractivity contribution is -0.856. The summed E-state index contributed by atoms with van der Waals surface area (Å²) in [5.74, 6) is 1.98. The van der Waals surface area contributed by atoms with Crippen molar-refractivity contribution in [3.8, 4) is 0 Å². The van der Waals surface area contributed by atoms with Gasteiger partial charge in [0.15, 0.2) is 5.16 Å². The van der Waals surface area contributed by atoms with Crippen molar-refractivity contribution in [1.29, 1.82) is 0 Å². The molecule has 0 radical (unpaired) electrons. The third-order valence-electron chi connectivity index (χ3n) is 4.75. The summed E-state index contributed by atoms with van der Waals surface area (Å²) in [6, 6.07) is 0. The molecule has 5 nitrogen and oxygen atoms in total. The van der Waals surface area contributed by atoms with Gasteiger partial charge in [0, 0.05) is 11.3 Å². The fraction of sp³-hybridized carbons (Fsp3) is 0.667. The Morgan fingerprint density at radius 2 is 2.12 bits per heavy atom. The molecule has 7 heteroatoms. The van der Waals surface area contributed by atoms with Crippen LogP contribution >= 0.6 is 23.1 Å². The van der Waals surface area contributed by atoms with Crippen molar-refractivity contribution in [2.45, 2.75) is 51.0 Å². The lowest BCUT2D eigenvalue weighted by Crippen LogP contribution is -3.06. The van der Waals surface area contributed by atoms with Crippen molar-refractivity contribution in [2.75, 3.05) is 38.3 Å². The molecular formula is C18H29N4OS2+. The predicted octanol–water partition coefficient (Wildman–Crippen LogP) is 2.60. The molecule has 3 rings (SSSR count). The third kappa shape index (κ3) is 4.10. The number of quaternary nitrogens is 1. The van der Waals surface area contributed by atoms with Crippen LogP contribution in [-0.2, 0) is 17.8 Å². The molecule has 0 fully saturated rings. The van der Waals surface area contributed by atoms with Gasteiger partial charge >= 0.3 is 0 Å². The van der Waals surface area contributed by atoms with E-state index in [1.807, 2.05) is 0 Å². The smallest absolute Gasteiger partial charge is 0.190 e. The fourth-order valence-electron chi connectivity index (χ4n) is 3.03. The molecule has 0 spiro atoms. The molecule has 25 heavy (non-hydrogen) atoms. The lowest BCUT2D eigenvalue weighted by Gasteiger charge is -2.33. The second-order valence-corrected chi connectivity index (χ2v) is 9.44. The van der Waals surface area contributed by atoms with Crippen molar-refractivity contribution in [3.63, 3.8) is 0 Å². The highest BCUT2D eigenvalue weighted by Crippen LogP contribution is 2.42. The maximum atomic E-state index is 6.13. The number of anilines is 1. The molecule has 1 aliphatic heterocycles. The van der Waals surface area contributed by atoms with Gasteiger partial charge in [0.05, 0.1) is 44.8 Å². The molecule has 0 amide bonds. The van der Waals surface area contributed by atoms with Crippen molar-refractivity contribution in [2.24, 2.45) is 0 Å². The topological polar surface area (TPSA) is 51.5 Å². The summed E-state index contributed by atoms with van der Waals surface area (Å²) in [7, 11) is 4.35. The lowest BCUT2D eigenvalue weighted by atomic mass is 9.90. The first-order chi connectivity index (χ1) is 12.0. The fourth-order valence-corrected chi connectivity index (χ4v) is 4.76. The van der Waals surface area contributed by atoms with Gasteiger partial charge in [-0.05, 0) is 24.7 Å². The highest BCUT2D eigenvalue weighted by atomic mass is 32.2. The van der Waals surface area contributed by atoms with Crippen LogP contribution in [0.5, 0.6) is 0 Å². The Balaban J connectivity index is 2.02. The summed E-state index contributed by atoms with van der Waals surface area (Å²) in [6.45, 7) is 9.22. The van der Waals surface area contributed by atoms with Gasteiger partial charge in [0.2, 0.25) is 0 Å². The number of rotatable bonds is 7. The number of nitrogens with zero attached hydrogens (tertiary/aromatic N) is 2. The predicted molar refractivity (Wildman–Crippen MR) is 107 cm³/mol. The van der Waals surface area contributed by atoms with Gasteiger partial charge in [-0.3, -0.25) is 0 Å². The normalized spacial score (nSPS) is 20.2. The number of aromatic nitrogens is 2. The van der Waals surface area contributed by atoms with E-state index in [1.54, 1.807) is 23.1 Å². The quantitative estimate of drug-likeness (QED) is 0.570. The first-order valence-electron chi connectivity index (χ1n) is 9.07. The van der Waals surface area contributed by atoms with E-state index in [1.165, 1.54) is 20.7 Å². The minimum absolute atomic E-state index is 0.0805. The Morgan fingerprint density at radius 1 is 1.32 bits per heavy atom. The van der Waals surface area contributed by atoms with Gasteiger partial charge in [-0.2, -0.15) is 0 Å². The van der Waals surface area contributed by atoms with Crippen LogP contribution in [0.15, 0.2) is 5.16 Å². The van der Waals surface area contributed by atoms with E-state index in [0.29, 0.717) is 6.61 Å². The molecule has 1 atom stereocenters. The Bertz CT molecular complexity index is 746. The van der Waals surface area contributed by atoms with Gasteiger partial charge in [-0.15, -0.1) is 11.3 Å². The Hall–Kier alpha value is -0.890. The number of hydrogen-bond donors (Lipinski definition) is 2. The van der Waals surface area contributed by atoms with E-state index in [-0.39, 0.29) is 5.60 Å². The molecular weight excluding hydrogens is 352 g/mol. The average molecular weight is 382 g/mol. The summed E-state index contributed by atoms with van der Waals surface area (Å²) in [4.78, 5) is 13.5. The van der Waals surface area contributed by atoms with Crippen molar-refractivity contribution in [1.82, 2.24) is 9.97 Å². The van der Waals surface area contributed by atoms with Crippen molar-refractivity contribution >= 4 is 39.1 Å². The summed E-state index contributed by atoms with van der Waals surface area (Å²) in [5.41, 5.74) is 1.31. The molecule has 2 aromatic rings. The molecule has 0 aromatic carbocycles. The molecule has 0 saturated heterocycles. The molecule has 2 N–H and O–H groups in total. The maximum Gasteiger partial charge on any atom is 0.190 e. The summed E-state index contributed by atoms with van der Waals surface area (Å²) >= 11 is 3.47. The maximum absolute atomic E-state index is 6.13. The zero-order chi connectivity index (χ0) is 18.0. The number of hydrogen-bond acceptors (Lipinski definition) is 6. The van der Waals surface area contributed by atoms with Crippen LogP contribution in [0, 0.1) is 0 Å². The van der Waals surface area contributed by atoms with Gasteiger partial charge in [-0.1, -0.05) is 25.6 Å². The van der Waals surface area contributed by atoms with Crippen LogP contribution < -0.4 is 10.2 Å². The van der Waals surface area contributed by atoms with Gasteiger partial charge in [0.1, 0.15) is 10.6 Å². The van der Waals surface area contributed by atoms with E-state index >= 15 is 0 Å². The molecule has 0 saturated carbocycles. The monoisotopic (exact) mass is 381 g/mol. The molecule has 0 aliphatic carbocycles. The Morgan fingerprint density at radius 3 is 2.80 bits per heavy atom. The molecule has 2 aromatic heterocycles. The number of fused-ring (bicyclic) bond motifs is 3. The number of thioether (sulfide) groups is 1. The van der Waals surface area contributed by atoms with Crippen molar-refractivity contribution < 1.29 is 9.64 Å². The number of thiophene rings is 1. The minimum atomic E-state index is -0.0805. The third-order valence-corrected chi connectivity index (χ3v) is 6.58. The van der Waals surface area contributed by atoms with E-state index in [2.05, 4.69) is 40.2 Å². The highest BCUT2D eigenvalue weighted by Gasteiger charge is 2.33. The van der Waals surface area contributed by atoms with Crippen molar-refractivity contribution in [3.05, 3.63) is 10.4 Å². The second-order valence-electron chi connectivity index (χ2n) is 7.12. The van der Waals surface area contributed by atoms with Crippen LogP contribution in [0.4, 0.5) is 5.82 Å². The molecule has 1 aliphatic rings. The van der Waals surface area contributed by atoms with E-state index in [9.17, 15) is 0 Å². The zero-order valence-corrected chi connectivity index (χ0v) is 17.5. The SMILES string of the molecule is CCSc1nc(NCC[NH+](C)C)c2c3c(sc2n1)CO[C@@](C)(CC)C3. The van der Waals surface area contributed by atoms with Crippen LogP contribution in [-0.4, -0.2) is 48.5 Å². The largest absolute Gasteiger partial charge is 0.369 e. The molecule has 138 valence electrons. The summed E-state index contributed by atoms with van der Waals surface area (Å²) in [6.07, 6.45) is 1.96. The first-order valence-corrected chi connectivity index (χ1v) is 10.9. The van der Waals surface area contributed by atoms with E-state index in [0.717, 1.165) is 47.5 Å². The highest BCUT2D eigenvalue weighted by molar-refractivity contribution is 7.99. The van der Waals surface area contributed by atoms with Crippen LogP contribution in [0.25, 0.3) is 10.2 Å². The van der Waals surface area contributed by atoms with Crippen LogP contribution in [0.2, 0.25) is 0 Å². The number of likely N-dealkylation sites (N-methyl/N-ethyl adjacent to an activating group) is 1. The molecule has 0 unspecified atom stereocenters. The average Bonchev–Trinajstić information content (AvgIpc) is 2.92. The minimum Gasteiger partial charge on any atom is -0.369 e. The van der Waals surface area contributed by atoms with Gasteiger partial charge in [0.25, 0.3) is 0 Å².